The minimum atomic E-state index is -4.73. The molecule has 18 heteroatoms. The number of pyridine rings is 1. The number of benzene rings is 3. The number of allylic oxidation sites excluding steroid dienone is 1. The Kier molecular flexibility index (Phi) is 12.1. The first kappa shape index (κ1) is 43.3. The summed E-state index contributed by atoms with van der Waals surface area (Å²) in [4.78, 5) is 44.7. The number of imidazole rings is 1. The number of carbonyl (C=O) groups excluding carboxylic acids is 1. The zero-order valence-corrected chi connectivity index (χ0v) is 37.2. The number of nitrogens with zero attached hydrogens (tertiary/aromatic N) is 5. The van der Waals surface area contributed by atoms with Crippen molar-refractivity contribution in [2.45, 2.75) is 50.8 Å². The van der Waals surface area contributed by atoms with E-state index in [1.165, 1.54) is 35.3 Å². The summed E-state index contributed by atoms with van der Waals surface area (Å²) < 4.78 is 42.2. The quantitative estimate of drug-likeness (QED) is 0.0637. The van der Waals surface area contributed by atoms with Crippen LogP contribution in [-0.4, -0.2) is 96.6 Å². The second kappa shape index (κ2) is 17.9. The number of piperazine rings is 1. The lowest BCUT2D eigenvalue weighted by atomic mass is 9.72. The largest absolute Gasteiger partial charge is 0.455 e. The number of halogens is 1. The highest BCUT2D eigenvalue weighted by Crippen LogP contribution is 2.44. The fourth-order valence-electron chi connectivity index (χ4n) is 9.00. The Bertz CT molecular complexity index is 2860. The number of nitro benzene ring substituents is 1. The number of sulfonamides is 1. The Hall–Kier alpha value is -6.01. The van der Waals surface area contributed by atoms with E-state index in [2.05, 4.69) is 65.8 Å². The van der Waals surface area contributed by atoms with E-state index in [1.54, 1.807) is 24.4 Å². The van der Waals surface area contributed by atoms with Crippen LogP contribution >= 0.6 is 11.6 Å². The van der Waals surface area contributed by atoms with Gasteiger partial charge >= 0.3 is 0 Å². The van der Waals surface area contributed by atoms with Crippen molar-refractivity contribution >= 4 is 72.2 Å². The highest BCUT2D eigenvalue weighted by molar-refractivity contribution is 7.90. The van der Waals surface area contributed by atoms with E-state index in [0.717, 1.165) is 73.9 Å². The number of anilines is 2. The van der Waals surface area contributed by atoms with Gasteiger partial charge in [-0.15, -0.1) is 0 Å². The van der Waals surface area contributed by atoms with E-state index >= 15 is 0 Å². The van der Waals surface area contributed by atoms with Gasteiger partial charge in [0.25, 0.3) is 21.6 Å². The third kappa shape index (κ3) is 9.29. The lowest BCUT2D eigenvalue weighted by Crippen LogP contribution is -2.47. The van der Waals surface area contributed by atoms with Gasteiger partial charge in [-0.25, -0.2) is 23.1 Å². The molecule has 0 saturated carbocycles. The number of amides is 1. The SMILES string of the molecule is CC1(C)CCC(CN2CCN(c3ccc(C(=O)NS(=O)(=O)c4cc([N+](=O)[O-])c(NCC5CCOCC5)c5[nH]cnc45)c(Oc4cnc5[nH]ccc5c4)c3)CC2)=C(c2ccc(Cl)cc2)C1. The van der Waals surface area contributed by atoms with Crippen molar-refractivity contribution in [3.05, 3.63) is 111 Å². The Labute approximate surface area is 375 Å². The Morgan fingerprint density at radius 2 is 1.81 bits per heavy atom. The molecule has 0 atom stereocenters. The number of aromatic nitrogens is 4. The third-order valence-electron chi connectivity index (χ3n) is 12.6. The maximum Gasteiger partial charge on any atom is 0.296 e. The number of aromatic amines is 2. The molecule has 1 aliphatic carbocycles. The maximum absolute atomic E-state index is 14.2. The molecule has 0 spiro atoms. The Morgan fingerprint density at radius 1 is 1.03 bits per heavy atom. The number of hydrogen-bond donors (Lipinski definition) is 4. The average molecular weight is 908 g/mol. The predicted molar refractivity (Wildman–Crippen MR) is 247 cm³/mol. The topological polar surface area (TPSA) is 201 Å². The van der Waals surface area contributed by atoms with Crippen LogP contribution in [0, 0.1) is 21.4 Å². The molecule has 0 unspecified atom stereocenters. The number of carbonyl (C=O) groups is 1. The molecule has 64 heavy (non-hydrogen) atoms. The van der Waals surface area contributed by atoms with Crippen LogP contribution in [0.5, 0.6) is 11.5 Å². The zero-order chi connectivity index (χ0) is 44.6. The zero-order valence-electron chi connectivity index (χ0n) is 35.7. The fourth-order valence-corrected chi connectivity index (χ4v) is 10.3. The molecule has 334 valence electrons. The standard InChI is InChI=1S/C46H50ClN9O7S/c1-46(2)13-9-32(37(24-46)30-3-5-33(47)6-4-30)27-54-15-17-55(18-16-54)34-7-8-36(39(22-34)63-35-21-31-10-14-48-44(31)50-26-35)45(57)53-64(60,61)40-23-38(56(58)59)41(43-42(40)51-28-52-43)49-25-29-11-19-62-20-12-29/h3-8,10,14,21-23,26,28-29,49H,9,11-13,15-20,24-25,27H2,1-2H3,(H,48,50)(H,51,52)(H,53,57). The van der Waals surface area contributed by atoms with Gasteiger partial charge in [0.05, 0.1) is 28.5 Å². The fraction of sp³-hybridized carbons (Fsp3) is 0.370. The minimum Gasteiger partial charge on any atom is -0.455 e. The molecule has 0 radical (unpaired) electrons. The van der Waals surface area contributed by atoms with Crippen LogP contribution in [0.15, 0.2) is 89.9 Å². The van der Waals surface area contributed by atoms with Crippen molar-refractivity contribution in [2.75, 3.05) is 62.7 Å². The summed E-state index contributed by atoms with van der Waals surface area (Å²) in [5, 5.41) is 17.1. The molecule has 9 rings (SSSR count). The molecular weight excluding hydrogens is 858 g/mol. The monoisotopic (exact) mass is 907 g/mol. The molecule has 2 aliphatic heterocycles. The van der Waals surface area contributed by atoms with Crippen molar-refractivity contribution < 1.29 is 27.6 Å². The summed E-state index contributed by atoms with van der Waals surface area (Å²) in [6.45, 7) is 10.2. The molecular formula is C46H50ClN9O7S. The highest BCUT2D eigenvalue weighted by atomic mass is 35.5. The second-order valence-corrected chi connectivity index (χ2v) is 19.7. The Morgan fingerprint density at radius 3 is 2.58 bits per heavy atom. The minimum absolute atomic E-state index is 0.0537. The van der Waals surface area contributed by atoms with Crippen molar-refractivity contribution in [3.8, 4) is 11.5 Å². The molecule has 1 amide bonds. The predicted octanol–water partition coefficient (Wildman–Crippen LogP) is 8.54. The summed E-state index contributed by atoms with van der Waals surface area (Å²) in [5.74, 6) is -0.329. The number of nitrogens with one attached hydrogen (secondary N) is 4. The van der Waals surface area contributed by atoms with Crippen LogP contribution in [0.25, 0.3) is 27.6 Å². The molecule has 2 fully saturated rings. The van der Waals surface area contributed by atoms with Gasteiger partial charge in [0.15, 0.2) is 0 Å². The number of nitro groups is 1. The summed E-state index contributed by atoms with van der Waals surface area (Å²) in [5.41, 5.74) is 5.42. The third-order valence-corrected chi connectivity index (χ3v) is 14.2. The molecule has 6 aromatic rings. The molecule has 3 aromatic carbocycles. The summed E-state index contributed by atoms with van der Waals surface area (Å²) in [6.07, 6.45) is 9.29. The van der Waals surface area contributed by atoms with Crippen LogP contribution in [0.3, 0.4) is 0 Å². The van der Waals surface area contributed by atoms with E-state index in [1.807, 2.05) is 18.2 Å². The van der Waals surface area contributed by atoms with Crippen LogP contribution < -0.4 is 19.7 Å². The number of hydrogen-bond acceptors (Lipinski definition) is 12. The van der Waals surface area contributed by atoms with Crippen LogP contribution in [0.4, 0.5) is 17.1 Å². The van der Waals surface area contributed by atoms with E-state index in [9.17, 15) is 23.3 Å². The smallest absolute Gasteiger partial charge is 0.296 e. The van der Waals surface area contributed by atoms with Crippen molar-refractivity contribution in [1.29, 1.82) is 0 Å². The Balaban J connectivity index is 0.966. The number of ether oxygens (including phenoxy) is 2. The molecule has 3 aliphatic rings. The van der Waals surface area contributed by atoms with Gasteiger partial charge in [-0.3, -0.25) is 19.8 Å². The number of rotatable bonds is 13. The number of H-pyrrole nitrogens is 2. The van der Waals surface area contributed by atoms with Gasteiger partial charge in [-0.1, -0.05) is 43.2 Å². The van der Waals surface area contributed by atoms with Gasteiger partial charge < -0.3 is 29.7 Å². The van der Waals surface area contributed by atoms with Crippen molar-refractivity contribution in [2.24, 2.45) is 11.3 Å². The summed E-state index contributed by atoms with van der Waals surface area (Å²) >= 11 is 6.25. The van der Waals surface area contributed by atoms with Gasteiger partial charge in [-0.05, 0) is 91.0 Å². The van der Waals surface area contributed by atoms with E-state index < -0.39 is 31.4 Å². The molecule has 16 nitrogen and oxygen atoms in total. The normalized spacial score (nSPS) is 17.5. The molecule has 4 N–H and O–H groups in total. The maximum atomic E-state index is 14.2. The lowest BCUT2D eigenvalue weighted by Gasteiger charge is -2.39. The molecule has 0 bridgehead atoms. The first-order chi connectivity index (χ1) is 30.8. The summed E-state index contributed by atoms with van der Waals surface area (Å²) in [6, 6.07) is 17.8. The lowest BCUT2D eigenvalue weighted by molar-refractivity contribution is -0.384. The molecule has 3 aromatic heterocycles. The van der Waals surface area contributed by atoms with Gasteiger partial charge in [-0.2, -0.15) is 0 Å². The van der Waals surface area contributed by atoms with Crippen LogP contribution in [0.2, 0.25) is 5.02 Å². The second-order valence-electron chi connectivity index (χ2n) is 17.6. The van der Waals surface area contributed by atoms with Crippen molar-refractivity contribution in [1.82, 2.24) is 29.6 Å². The molecule has 2 saturated heterocycles. The first-order valence-corrected chi connectivity index (χ1v) is 23.4. The van der Waals surface area contributed by atoms with E-state index in [-0.39, 0.29) is 39.4 Å². The van der Waals surface area contributed by atoms with Crippen molar-refractivity contribution in [3.63, 3.8) is 0 Å². The van der Waals surface area contributed by atoms with Gasteiger partial charge in [0, 0.05) is 86.9 Å². The van der Waals surface area contributed by atoms with E-state index in [0.29, 0.717) is 44.2 Å². The van der Waals surface area contributed by atoms with Gasteiger partial charge in [0.2, 0.25) is 0 Å². The first-order valence-electron chi connectivity index (χ1n) is 21.5. The summed E-state index contributed by atoms with van der Waals surface area (Å²) in [7, 11) is -4.73. The van der Waals surface area contributed by atoms with Crippen LogP contribution in [-0.2, 0) is 14.8 Å². The van der Waals surface area contributed by atoms with Gasteiger partial charge in [0.1, 0.15) is 33.2 Å². The molecule has 5 heterocycles. The van der Waals surface area contributed by atoms with E-state index in [4.69, 9.17) is 21.1 Å². The average Bonchev–Trinajstić information content (AvgIpc) is 3.97. The highest BCUT2D eigenvalue weighted by Gasteiger charge is 2.33. The number of fused-ring (bicyclic) bond motifs is 2. The van der Waals surface area contributed by atoms with Crippen LogP contribution in [0.1, 0.15) is 61.9 Å².